The normalized spacial score (nSPS) is 11.3. The average Bonchev–Trinajstić information content (AvgIpc) is 3.11. The van der Waals surface area contributed by atoms with Gasteiger partial charge in [0, 0.05) is 31.4 Å². The van der Waals surface area contributed by atoms with Crippen LogP contribution >= 0.6 is 11.3 Å². The molecule has 20 heavy (non-hydrogen) atoms. The van der Waals surface area contributed by atoms with Gasteiger partial charge in [-0.2, -0.15) is 10.1 Å². The van der Waals surface area contributed by atoms with Gasteiger partial charge in [-0.1, -0.05) is 0 Å². The van der Waals surface area contributed by atoms with E-state index in [9.17, 15) is 0 Å². The van der Waals surface area contributed by atoms with Crippen molar-refractivity contribution in [3.05, 3.63) is 35.2 Å². The van der Waals surface area contributed by atoms with Crippen molar-refractivity contribution in [3.8, 4) is 5.88 Å². The molecule has 0 saturated heterocycles. The molecular formula is C13H17N5OS. The molecule has 0 atom stereocenters. The summed E-state index contributed by atoms with van der Waals surface area (Å²) in [6.45, 7) is 1.63. The molecule has 0 aromatic carbocycles. The van der Waals surface area contributed by atoms with Crippen molar-refractivity contribution in [3.63, 3.8) is 0 Å². The number of methoxy groups -OCH3 is 1. The quantitative estimate of drug-likeness (QED) is 0.699. The molecule has 3 heterocycles. The molecule has 1 N–H and O–H groups in total. The molecule has 0 radical (unpaired) electrons. The lowest BCUT2D eigenvalue weighted by Crippen LogP contribution is -2.18. The Morgan fingerprint density at radius 1 is 1.45 bits per heavy atom. The van der Waals surface area contributed by atoms with Crippen LogP contribution in [-0.2, 0) is 20.0 Å². The number of thiazole rings is 1. The fourth-order valence-corrected chi connectivity index (χ4v) is 2.90. The summed E-state index contributed by atoms with van der Waals surface area (Å²) in [5.74, 6) is 0.700. The number of aryl methyl sites for hydroxylation is 1. The van der Waals surface area contributed by atoms with E-state index in [0.717, 1.165) is 30.2 Å². The molecule has 6 nitrogen and oxygen atoms in total. The maximum absolute atomic E-state index is 5.33. The van der Waals surface area contributed by atoms with E-state index in [1.807, 2.05) is 35.7 Å². The smallest absolute Gasteiger partial charge is 0.237 e. The minimum atomic E-state index is 0.700. The van der Waals surface area contributed by atoms with Crippen molar-refractivity contribution in [2.24, 2.45) is 7.05 Å². The molecule has 0 unspecified atom stereocenters. The number of imidazole rings is 1. The predicted molar refractivity (Wildman–Crippen MR) is 78.2 cm³/mol. The highest BCUT2D eigenvalue weighted by atomic mass is 32.1. The van der Waals surface area contributed by atoms with Gasteiger partial charge in [-0.25, -0.2) is 0 Å². The molecule has 3 aromatic rings. The van der Waals surface area contributed by atoms with Gasteiger partial charge in [0.25, 0.3) is 0 Å². The average molecular weight is 291 g/mol. The number of aromatic nitrogens is 4. The van der Waals surface area contributed by atoms with Gasteiger partial charge in [-0.3, -0.25) is 9.08 Å². The summed E-state index contributed by atoms with van der Waals surface area (Å²) in [6, 6.07) is 0. The van der Waals surface area contributed by atoms with Gasteiger partial charge in [-0.15, -0.1) is 11.3 Å². The minimum Gasteiger partial charge on any atom is -0.480 e. The topological polar surface area (TPSA) is 56.4 Å². The molecule has 3 aromatic heterocycles. The number of fused-ring (bicyclic) bond motifs is 1. The number of hydrogen-bond donors (Lipinski definition) is 1. The van der Waals surface area contributed by atoms with Crippen molar-refractivity contribution >= 4 is 16.3 Å². The molecule has 0 amide bonds. The number of ether oxygens (including phenoxy) is 1. The number of nitrogens with one attached hydrogen (secondary N) is 1. The molecular weight excluding hydrogens is 274 g/mol. The second-order valence-electron chi connectivity index (χ2n) is 4.57. The fourth-order valence-electron chi connectivity index (χ4n) is 2.18. The molecule has 106 valence electrons. The Balaban J connectivity index is 1.60. The Labute approximate surface area is 121 Å². The van der Waals surface area contributed by atoms with Gasteiger partial charge in [0.05, 0.1) is 13.3 Å². The van der Waals surface area contributed by atoms with E-state index in [4.69, 9.17) is 4.74 Å². The van der Waals surface area contributed by atoms with Crippen LogP contribution in [0.5, 0.6) is 5.88 Å². The lowest BCUT2D eigenvalue weighted by molar-refractivity contribution is 0.393. The number of hydrogen-bond acceptors (Lipinski definition) is 5. The van der Waals surface area contributed by atoms with Crippen molar-refractivity contribution in [1.29, 1.82) is 0 Å². The first-order valence-corrected chi connectivity index (χ1v) is 7.32. The maximum atomic E-state index is 5.33. The Morgan fingerprint density at radius 2 is 2.35 bits per heavy atom. The van der Waals surface area contributed by atoms with Crippen molar-refractivity contribution < 1.29 is 4.74 Å². The predicted octanol–water partition coefficient (Wildman–Crippen LogP) is 1.47. The third-order valence-corrected chi connectivity index (χ3v) is 3.92. The van der Waals surface area contributed by atoms with Gasteiger partial charge in [0.1, 0.15) is 5.69 Å². The molecule has 0 aliphatic heterocycles. The van der Waals surface area contributed by atoms with E-state index in [-0.39, 0.29) is 0 Å². The zero-order valence-corrected chi connectivity index (χ0v) is 12.4. The standard InChI is InChI=1S/C13H17N5OS/c1-17-9-10(7-15-17)3-4-14-8-11-12(19-2)16-13-18(11)5-6-20-13/h5-7,9,14H,3-4,8H2,1-2H3. The van der Waals surface area contributed by atoms with Crippen molar-refractivity contribution in [2.75, 3.05) is 13.7 Å². The van der Waals surface area contributed by atoms with Crippen LogP contribution in [0.3, 0.4) is 0 Å². The molecule has 0 aliphatic carbocycles. The molecule has 0 fully saturated rings. The van der Waals surface area contributed by atoms with Crippen LogP contribution in [0.25, 0.3) is 4.96 Å². The molecule has 0 saturated carbocycles. The highest BCUT2D eigenvalue weighted by molar-refractivity contribution is 7.15. The second kappa shape index (κ2) is 5.64. The molecule has 0 spiro atoms. The highest BCUT2D eigenvalue weighted by Gasteiger charge is 2.12. The second-order valence-corrected chi connectivity index (χ2v) is 5.45. The zero-order chi connectivity index (χ0) is 13.9. The van der Waals surface area contributed by atoms with Crippen molar-refractivity contribution in [1.82, 2.24) is 24.5 Å². The Kier molecular flexibility index (Phi) is 3.70. The van der Waals surface area contributed by atoms with Gasteiger partial charge in [-0.05, 0) is 18.5 Å². The fraction of sp³-hybridized carbons (Fsp3) is 0.385. The minimum absolute atomic E-state index is 0.700. The van der Waals surface area contributed by atoms with Gasteiger partial charge < -0.3 is 10.1 Å². The van der Waals surface area contributed by atoms with E-state index in [1.54, 1.807) is 18.4 Å². The Bertz CT molecular complexity index is 699. The number of nitrogens with zero attached hydrogens (tertiary/aromatic N) is 4. The summed E-state index contributed by atoms with van der Waals surface area (Å²) in [7, 11) is 3.59. The van der Waals surface area contributed by atoms with E-state index in [1.165, 1.54) is 5.56 Å². The molecule has 7 heteroatoms. The summed E-state index contributed by atoms with van der Waals surface area (Å²) in [4.78, 5) is 5.40. The molecule has 0 bridgehead atoms. The lowest BCUT2D eigenvalue weighted by atomic mass is 10.2. The first-order chi connectivity index (χ1) is 9.78. The van der Waals surface area contributed by atoms with Crippen LogP contribution < -0.4 is 10.1 Å². The summed E-state index contributed by atoms with van der Waals surface area (Å²) in [5.41, 5.74) is 2.30. The van der Waals surface area contributed by atoms with Gasteiger partial charge in [0.2, 0.25) is 5.88 Å². The van der Waals surface area contributed by atoms with E-state index >= 15 is 0 Å². The summed E-state index contributed by atoms with van der Waals surface area (Å²) in [6.07, 6.45) is 6.92. The first kappa shape index (κ1) is 13.1. The van der Waals surface area contributed by atoms with Gasteiger partial charge in [0.15, 0.2) is 4.96 Å². The summed E-state index contributed by atoms with van der Waals surface area (Å²) >= 11 is 1.61. The summed E-state index contributed by atoms with van der Waals surface area (Å²) in [5, 5.41) is 9.62. The molecule has 0 aliphatic rings. The van der Waals surface area contributed by atoms with Crippen LogP contribution in [0.15, 0.2) is 24.0 Å². The first-order valence-electron chi connectivity index (χ1n) is 6.44. The third kappa shape index (κ3) is 2.54. The van der Waals surface area contributed by atoms with Crippen molar-refractivity contribution in [2.45, 2.75) is 13.0 Å². The van der Waals surface area contributed by atoms with Crippen LogP contribution in [0, 0.1) is 0 Å². The Morgan fingerprint density at radius 3 is 3.10 bits per heavy atom. The maximum Gasteiger partial charge on any atom is 0.237 e. The van der Waals surface area contributed by atoms with Crippen LogP contribution in [0.1, 0.15) is 11.3 Å². The van der Waals surface area contributed by atoms with Crippen LogP contribution in [0.2, 0.25) is 0 Å². The monoisotopic (exact) mass is 291 g/mol. The largest absolute Gasteiger partial charge is 0.480 e. The lowest BCUT2D eigenvalue weighted by Gasteiger charge is -2.05. The van der Waals surface area contributed by atoms with E-state index in [2.05, 4.69) is 19.8 Å². The van der Waals surface area contributed by atoms with E-state index in [0.29, 0.717) is 5.88 Å². The van der Waals surface area contributed by atoms with Gasteiger partial charge >= 0.3 is 0 Å². The number of rotatable bonds is 6. The highest BCUT2D eigenvalue weighted by Crippen LogP contribution is 2.22. The Hall–Kier alpha value is -1.86. The zero-order valence-electron chi connectivity index (χ0n) is 11.5. The van der Waals surface area contributed by atoms with Crippen LogP contribution in [0.4, 0.5) is 0 Å². The summed E-state index contributed by atoms with van der Waals surface area (Å²) < 4.78 is 9.22. The SMILES string of the molecule is COc1nc2sccn2c1CNCCc1cnn(C)c1. The third-order valence-electron chi connectivity index (χ3n) is 3.16. The van der Waals surface area contributed by atoms with Crippen LogP contribution in [-0.4, -0.2) is 32.8 Å². The molecule has 3 rings (SSSR count). The van der Waals surface area contributed by atoms with E-state index < -0.39 is 0 Å².